The lowest BCUT2D eigenvalue weighted by Gasteiger charge is -2.11. The van der Waals surface area contributed by atoms with E-state index < -0.39 is 5.91 Å². The van der Waals surface area contributed by atoms with Gasteiger partial charge in [0.05, 0.1) is 11.7 Å². The van der Waals surface area contributed by atoms with E-state index in [0.717, 1.165) is 22.0 Å². The summed E-state index contributed by atoms with van der Waals surface area (Å²) in [7, 11) is 0. The minimum absolute atomic E-state index is 0.190. The highest BCUT2D eigenvalue weighted by Crippen LogP contribution is 2.21. The summed E-state index contributed by atoms with van der Waals surface area (Å²) in [4.78, 5) is 17.1. The smallest absolute Gasteiger partial charge is 0.263 e. The highest BCUT2D eigenvalue weighted by molar-refractivity contribution is 5.92. The Bertz CT molecular complexity index is 1270. The summed E-state index contributed by atoms with van der Waals surface area (Å²) in [6.45, 7) is 3.74. The van der Waals surface area contributed by atoms with Gasteiger partial charge in [-0.2, -0.15) is 15.0 Å². The number of nitriles is 1. The predicted octanol–water partition coefficient (Wildman–Crippen LogP) is 3.93. The normalized spacial score (nSPS) is 10.6. The van der Waals surface area contributed by atoms with E-state index >= 15 is 0 Å². The number of hydrogen-bond donors (Lipinski definition) is 1. The zero-order valence-corrected chi connectivity index (χ0v) is 16.6. The van der Waals surface area contributed by atoms with E-state index in [1.54, 1.807) is 6.07 Å². The van der Waals surface area contributed by atoms with Gasteiger partial charge in [0.1, 0.15) is 17.4 Å². The van der Waals surface area contributed by atoms with Gasteiger partial charge in [0.15, 0.2) is 18.2 Å². The van der Waals surface area contributed by atoms with Crippen LogP contribution in [0.2, 0.25) is 0 Å². The number of amides is 1. The van der Waals surface area contributed by atoms with Crippen LogP contribution in [0, 0.1) is 25.2 Å². The molecule has 1 N–H and O–H groups in total. The molecule has 2 heterocycles. The fourth-order valence-corrected chi connectivity index (χ4v) is 3.23. The van der Waals surface area contributed by atoms with Crippen LogP contribution < -0.4 is 10.1 Å². The molecule has 0 aliphatic carbocycles. The second-order valence-electron chi connectivity index (χ2n) is 6.95. The minimum Gasteiger partial charge on any atom is -0.484 e. The Balaban J connectivity index is 1.57. The first-order valence-corrected chi connectivity index (χ1v) is 9.39. The van der Waals surface area contributed by atoms with Gasteiger partial charge < -0.3 is 10.1 Å². The van der Waals surface area contributed by atoms with E-state index in [1.165, 1.54) is 10.9 Å². The third-order valence-corrected chi connectivity index (χ3v) is 4.51. The van der Waals surface area contributed by atoms with E-state index in [9.17, 15) is 10.1 Å². The SMILES string of the molecule is Cc1cc(C)cc(OCC(=O)Nc2c(C#N)cnn2-c2ccc3ccccc3n2)c1. The van der Waals surface area contributed by atoms with Crippen LogP contribution in [0.1, 0.15) is 16.7 Å². The molecular formula is C23H19N5O2. The first-order chi connectivity index (χ1) is 14.5. The van der Waals surface area contributed by atoms with Crippen LogP contribution in [0.3, 0.4) is 0 Å². The number of carbonyl (C=O) groups is 1. The number of rotatable bonds is 5. The summed E-state index contributed by atoms with van der Waals surface area (Å²) in [6.07, 6.45) is 1.40. The van der Waals surface area contributed by atoms with Crippen LogP contribution in [0.4, 0.5) is 5.82 Å². The highest BCUT2D eigenvalue weighted by atomic mass is 16.5. The molecule has 0 saturated carbocycles. The quantitative estimate of drug-likeness (QED) is 0.551. The number of hydrogen-bond acceptors (Lipinski definition) is 5. The van der Waals surface area contributed by atoms with Crippen molar-refractivity contribution < 1.29 is 9.53 Å². The van der Waals surface area contributed by atoms with Gasteiger partial charge in [-0.05, 0) is 55.3 Å². The third kappa shape index (κ3) is 3.98. The Labute approximate surface area is 173 Å². The van der Waals surface area contributed by atoms with Crippen LogP contribution in [0.15, 0.2) is 60.8 Å². The monoisotopic (exact) mass is 397 g/mol. The van der Waals surface area contributed by atoms with Gasteiger partial charge in [0.25, 0.3) is 5.91 Å². The molecule has 2 aromatic heterocycles. The molecule has 7 nitrogen and oxygen atoms in total. The van der Waals surface area contributed by atoms with Gasteiger partial charge >= 0.3 is 0 Å². The van der Waals surface area contributed by atoms with Gasteiger partial charge in [-0.15, -0.1) is 0 Å². The lowest BCUT2D eigenvalue weighted by Crippen LogP contribution is -2.22. The molecule has 0 fully saturated rings. The summed E-state index contributed by atoms with van der Waals surface area (Å²) in [5.74, 6) is 0.982. The van der Waals surface area contributed by atoms with Crippen molar-refractivity contribution in [1.29, 1.82) is 5.26 Å². The molecule has 2 aromatic carbocycles. The molecule has 1 amide bonds. The molecular weight excluding hydrogens is 378 g/mol. The summed E-state index contributed by atoms with van der Waals surface area (Å²) in [6, 6.07) is 19.2. The number of para-hydroxylation sites is 1. The Hall–Kier alpha value is -4.18. The fraction of sp³-hybridized carbons (Fsp3) is 0.130. The maximum Gasteiger partial charge on any atom is 0.263 e. The third-order valence-electron chi connectivity index (χ3n) is 4.51. The van der Waals surface area contributed by atoms with Crippen molar-refractivity contribution in [3.8, 4) is 17.6 Å². The van der Waals surface area contributed by atoms with Crippen LogP contribution in [-0.2, 0) is 4.79 Å². The van der Waals surface area contributed by atoms with Gasteiger partial charge in [0, 0.05) is 5.39 Å². The largest absolute Gasteiger partial charge is 0.484 e. The molecule has 0 saturated heterocycles. The molecule has 0 bridgehead atoms. The van der Waals surface area contributed by atoms with E-state index in [1.807, 2.05) is 62.4 Å². The Morgan fingerprint density at radius 2 is 1.90 bits per heavy atom. The van der Waals surface area contributed by atoms with Crippen molar-refractivity contribution in [1.82, 2.24) is 14.8 Å². The number of ether oxygens (including phenoxy) is 1. The molecule has 0 unspecified atom stereocenters. The average Bonchev–Trinajstić information content (AvgIpc) is 3.13. The maximum absolute atomic E-state index is 12.5. The number of aromatic nitrogens is 3. The number of fused-ring (bicyclic) bond motifs is 1. The van der Waals surface area contributed by atoms with Gasteiger partial charge in [-0.1, -0.05) is 24.3 Å². The number of pyridine rings is 1. The van der Waals surface area contributed by atoms with E-state index in [2.05, 4.69) is 21.5 Å². The van der Waals surface area contributed by atoms with E-state index in [4.69, 9.17) is 4.74 Å². The summed E-state index contributed by atoms with van der Waals surface area (Å²) >= 11 is 0. The Morgan fingerprint density at radius 3 is 2.67 bits per heavy atom. The number of benzene rings is 2. The second kappa shape index (κ2) is 8.05. The number of aryl methyl sites for hydroxylation is 2. The molecule has 0 aliphatic rings. The fourth-order valence-electron chi connectivity index (χ4n) is 3.23. The maximum atomic E-state index is 12.5. The zero-order chi connectivity index (χ0) is 21.1. The predicted molar refractivity (Wildman–Crippen MR) is 114 cm³/mol. The lowest BCUT2D eigenvalue weighted by atomic mass is 10.1. The van der Waals surface area contributed by atoms with Crippen LogP contribution in [0.5, 0.6) is 5.75 Å². The number of carbonyl (C=O) groups excluding carboxylic acids is 1. The Kier molecular flexibility index (Phi) is 5.14. The molecule has 4 aromatic rings. The van der Waals surface area contributed by atoms with Crippen molar-refractivity contribution in [2.75, 3.05) is 11.9 Å². The minimum atomic E-state index is -0.395. The van der Waals surface area contributed by atoms with Crippen molar-refractivity contribution in [3.05, 3.63) is 77.5 Å². The highest BCUT2D eigenvalue weighted by Gasteiger charge is 2.16. The lowest BCUT2D eigenvalue weighted by molar-refractivity contribution is -0.118. The Morgan fingerprint density at radius 1 is 1.13 bits per heavy atom. The topological polar surface area (TPSA) is 92.8 Å². The van der Waals surface area contributed by atoms with Crippen LogP contribution in [0.25, 0.3) is 16.7 Å². The van der Waals surface area contributed by atoms with Crippen molar-refractivity contribution in [3.63, 3.8) is 0 Å². The van der Waals surface area contributed by atoms with Crippen LogP contribution >= 0.6 is 0 Å². The summed E-state index contributed by atoms with van der Waals surface area (Å²) in [5, 5.41) is 17.4. The van der Waals surface area contributed by atoms with Crippen molar-refractivity contribution in [2.45, 2.75) is 13.8 Å². The molecule has 7 heteroatoms. The zero-order valence-electron chi connectivity index (χ0n) is 16.6. The molecule has 148 valence electrons. The molecule has 0 aliphatic heterocycles. The van der Waals surface area contributed by atoms with Gasteiger partial charge in [-0.25, -0.2) is 4.98 Å². The van der Waals surface area contributed by atoms with Gasteiger partial charge in [0.2, 0.25) is 0 Å². The van der Waals surface area contributed by atoms with Crippen molar-refractivity contribution >= 4 is 22.6 Å². The second-order valence-corrected chi connectivity index (χ2v) is 6.95. The first-order valence-electron chi connectivity index (χ1n) is 9.39. The van der Waals surface area contributed by atoms with Gasteiger partial charge in [-0.3, -0.25) is 4.79 Å². The molecule has 30 heavy (non-hydrogen) atoms. The number of nitrogens with one attached hydrogen (secondary N) is 1. The summed E-state index contributed by atoms with van der Waals surface area (Å²) in [5.41, 5.74) is 3.14. The summed E-state index contributed by atoms with van der Waals surface area (Å²) < 4.78 is 7.06. The molecule has 0 radical (unpaired) electrons. The molecule has 0 atom stereocenters. The number of anilines is 1. The number of nitrogens with zero attached hydrogens (tertiary/aromatic N) is 4. The van der Waals surface area contributed by atoms with E-state index in [0.29, 0.717) is 11.6 Å². The average molecular weight is 397 g/mol. The van der Waals surface area contributed by atoms with Crippen LogP contribution in [-0.4, -0.2) is 27.3 Å². The first kappa shape index (κ1) is 19.2. The van der Waals surface area contributed by atoms with E-state index in [-0.39, 0.29) is 18.0 Å². The van der Waals surface area contributed by atoms with Crippen molar-refractivity contribution in [2.24, 2.45) is 0 Å². The standard InChI is InChI=1S/C23H19N5O2/c1-15-9-16(2)11-19(10-15)30-14-22(29)27-23-18(12-24)13-25-28(23)21-8-7-17-5-3-4-6-20(17)26-21/h3-11,13H,14H2,1-2H3,(H,27,29). The molecule has 4 rings (SSSR count). The molecule has 0 spiro atoms.